The monoisotopic (exact) mass is 408 g/mol. The van der Waals surface area contributed by atoms with Crippen molar-refractivity contribution in [1.82, 2.24) is 5.32 Å². The van der Waals surface area contributed by atoms with Crippen molar-refractivity contribution < 1.29 is 9.59 Å². The van der Waals surface area contributed by atoms with Crippen LogP contribution in [0.2, 0.25) is 0 Å². The van der Waals surface area contributed by atoms with E-state index >= 15 is 0 Å². The van der Waals surface area contributed by atoms with E-state index < -0.39 is 0 Å². The van der Waals surface area contributed by atoms with Gasteiger partial charge in [-0.05, 0) is 69.9 Å². The van der Waals surface area contributed by atoms with Crippen molar-refractivity contribution in [3.63, 3.8) is 0 Å². The molecule has 0 aromatic heterocycles. The van der Waals surface area contributed by atoms with Crippen molar-refractivity contribution in [3.05, 3.63) is 53.6 Å². The maximum Gasteiger partial charge on any atom is 0.323 e. The summed E-state index contributed by atoms with van der Waals surface area (Å²) in [6.07, 6.45) is 2.23. The lowest BCUT2D eigenvalue weighted by Gasteiger charge is -2.33. The molecule has 3 rings (SSSR count). The molecule has 2 aromatic carbocycles. The lowest BCUT2D eigenvalue weighted by molar-refractivity contribution is 0.0943. The highest BCUT2D eigenvalue weighted by Gasteiger charge is 2.22. The molecule has 0 radical (unpaired) electrons. The smallest absolute Gasteiger partial charge is 0.323 e. The Balaban J connectivity index is 1.78. The van der Waals surface area contributed by atoms with E-state index in [2.05, 4.69) is 27.8 Å². The predicted octanol–water partition coefficient (Wildman–Crippen LogP) is 5.01. The van der Waals surface area contributed by atoms with E-state index in [0.717, 1.165) is 42.9 Å². The number of anilines is 3. The fourth-order valence-corrected chi connectivity index (χ4v) is 3.59. The van der Waals surface area contributed by atoms with Crippen LogP contribution in [-0.4, -0.2) is 31.1 Å². The second-order valence-corrected chi connectivity index (χ2v) is 8.47. The standard InChI is InChI=1S/C24H32N4O2/c1-16(2)25-23(29)21-15-20(9-10-22(21)28-13-11-18(4)12-14-28)27-24(30)26-19-7-5-17(3)6-8-19/h5-10,15-16,18H,11-14H2,1-4H3,(H,25,29)(H2,26,27,30). The third-order valence-corrected chi connectivity index (χ3v) is 5.35. The third-order valence-electron chi connectivity index (χ3n) is 5.35. The van der Waals surface area contributed by atoms with Gasteiger partial charge in [-0.3, -0.25) is 4.79 Å². The molecule has 1 aliphatic rings. The Morgan fingerprint density at radius 1 is 0.967 bits per heavy atom. The first-order chi connectivity index (χ1) is 14.3. The van der Waals surface area contributed by atoms with Crippen molar-refractivity contribution in [2.45, 2.75) is 46.6 Å². The Labute approximate surface area is 179 Å². The predicted molar refractivity (Wildman–Crippen MR) is 123 cm³/mol. The van der Waals surface area contributed by atoms with E-state index in [1.807, 2.05) is 57.2 Å². The Morgan fingerprint density at radius 2 is 1.57 bits per heavy atom. The summed E-state index contributed by atoms with van der Waals surface area (Å²) in [6.45, 7) is 10.0. The molecule has 0 bridgehead atoms. The van der Waals surface area contributed by atoms with E-state index in [1.54, 1.807) is 6.07 Å². The van der Waals surface area contributed by atoms with Crippen LogP contribution in [0.1, 0.15) is 49.5 Å². The minimum atomic E-state index is -0.339. The zero-order chi connectivity index (χ0) is 21.7. The molecule has 0 atom stereocenters. The van der Waals surface area contributed by atoms with Gasteiger partial charge in [-0.15, -0.1) is 0 Å². The lowest BCUT2D eigenvalue weighted by Crippen LogP contribution is -2.36. The molecular weight excluding hydrogens is 376 g/mol. The maximum absolute atomic E-state index is 12.9. The van der Waals surface area contributed by atoms with Crippen LogP contribution in [0.5, 0.6) is 0 Å². The van der Waals surface area contributed by atoms with Gasteiger partial charge in [0.2, 0.25) is 0 Å². The summed E-state index contributed by atoms with van der Waals surface area (Å²) in [5, 5.41) is 8.64. The highest BCUT2D eigenvalue weighted by Crippen LogP contribution is 2.29. The van der Waals surface area contributed by atoms with Crippen molar-refractivity contribution in [3.8, 4) is 0 Å². The highest BCUT2D eigenvalue weighted by atomic mass is 16.2. The number of hydrogen-bond donors (Lipinski definition) is 3. The van der Waals surface area contributed by atoms with Crippen LogP contribution in [0.4, 0.5) is 21.9 Å². The first kappa shape index (κ1) is 21.7. The average molecular weight is 409 g/mol. The third kappa shape index (κ3) is 5.75. The number of amides is 3. The van der Waals surface area contributed by atoms with Gasteiger partial charge >= 0.3 is 6.03 Å². The molecule has 3 amide bonds. The van der Waals surface area contributed by atoms with Crippen LogP contribution in [-0.2, 0) is 0 Å². The summed E-state index contributed by atoms with van der Waals surface area (Å²) >= 11 is 0. The SMILES string of the molecule is Cc1ccc(NC(=O)Nc2ccc(N3CCC(C)CC3)c(C(=O)NC(C)C)c2)cc1. The fourth-order valence-electron chi connectivity index (χ4n) is 3.59. The molecule has 6 heteroatoms. The van der Waals surface area contributed by atoms with Gasteiger partial charge < -0.3 is 20.9 Å². The van der Waals surface area contributed by atoms with Gasteiger partial charge in [0.15, 0.2) is 0 Å². The van der Waals surface area contributed by atoms with Crippen LogP contribution in [0.25, 0.3) is 0 Å². The summed E-state index contributed by atoms with van der Waals surface area (Å²) in [5.41, 5.74) is 3.94. The van der Waals surface area contributed by atoms with Gasteiger partial charge in [-0.1, -0.05) is 24.6 Å². The fraction of sp³-hybridized carbons (Fsp3) is 0.417. The summed E-state index contributed by atoms with van der Waals surface area (Å²) in [7, 11) is 0. The van der Waals surface area contributed by atoms with Gasteiger partial charge in [0.05, 0.1) is 5.56 Å². The van der Waals surface area contributed by atoms with Crippen molar-refractivity contribution in [2.75, 3.05) is 28.6 Å². The average Bonchev–Trinajstić information content (AvgIpc) is 2.70. The lowest BCUT2D eigenvalue weighted by atomic mass is 9.97. The largest absolute Gasteiger partial charge is 0.371 e. The zero-order valence-corrected chi connectivity index (χ0v) is 18.3. The minimum Gasteiger partial charge on any atom is -0.371 e. The number of carbonyl (C=O) groups is 2. The molecule has 0 unspecified atom stereocenters. The highest BCUT2D eigenvalue weighted by molar-refractivity contribution is 6.04. The Hall–Kier alpha value is -3.02. The van der Waals surface area contributed by atoms with Crippen LogP contribution in [0.3, 0.4) is 0 Å². The van der Waals surface area contributed by atoms with Crippen LogP contribution in [0, 0.1) is 12.8 Å². The van der Waals surface area contributed by atoms with Gasteiger partial charge in [0.25, 0.3) is 5.91 Å². The Bertz CT molecular complexity index is 885. The number of rotatable bonds is 5. The summed E-state index contributed by atoms with van der Waals surface area (Å²) < 4.78 is 0. The van der Waals surface area contributed by atoms with Gasteiger partial charge in [0, 0.05) is 36.2 Å². The molecule has 0 saturated carbocycles. The number of aryl methyl sites for hydroxylation is 1. The normalized spacial score (nSPS) is 14.5. The Morgan fingerprint density at radius 3 is 2.20 bits per heavy atom. The van der Waals surface area contributed by atoms with E-state index in [-0.39, 0.29) is 18.0 Å². The van der Waals surface area contributed by atoms with Crippen molar-refractivity contribution >= 4 is 29.0 Å². The topological polar surface area (TPSA) is 73.5 Å². The quantitative estimate of drug-likeness (QED) is 0.651. The molecule has 0 spiro atoms. The second kappa shape index (κ2) is 9.65. The second-order valence-electron chi connectivity index (χ2n) is 8.47. The molecule has 1 saturated heterocycles. The first-order valence-electron chi connectivity index (χ1n) is 10.7. The molecule has 3 N–H and O–H groups in total. The molecule has 30 heavy (non-hydrogen) atoms. The summed E-state index contributed by atoms with van der Waals surface area (Å²) in [5.74, 6) is 0.585. The van der Waals surface area contributed by atoms with Gasteiger partial charge in [0.1, 0.15) is 0 Å². The number of piperidine rings is 1. The molecule has 1 fully saturated rings. The van der Waals surface area contributed by atoms with E-state index in [0.29, 0.717) is 17.2 Å². The van der Waals surface area contributed by atoms with Gasteiger partial charge in [-0.25, -0.2) is 4.79 Å². The van der Waals surface area contributed by atoms with E-state index in [9.17, 15) is 9.59 Å². The number of nitrogens with one attached hydrogen (secondary N) is 3. The van der Waals surface area contributed by atoms with E-state index in [4.69, 9.17) is 0 Å². The molecule has 1 heterocycles. The minimum absolute atomic E-state index is 0.0354. The first-order valence-corrected chi connectivity index (χ1v) is 10.7. The Kier molecular flexibility index (Phi) is 6.98. The summed E-state index contributed by atoms with van der Waals surface area (Å²) in [4.78, 5) is 27.6. The number of hydrogen-bond acceptors (Lipinski definition) is 3. The van der Waals surface area contributed by atoms with Crippen LogP contribution >= 0.6 is 0 Å². The maximum atomic E-state index is 12.9. The molecule has 1 aliphatic heterocycles. The van der Waals surface area contributed by atoms with Crippen LogP contribution < -0.4 is 20.9 Å². The number of carbonyl (C=O) groups excluding carboxylic acids is 2. The van der Waals surface area contributed by atoms with Crippen LogP contribution in [0.15, 0.2) is 42.5 Å². The molecular formula is C24H32N4O2. The van der Waals surface area contributed by atoms with E-state index in [1.165, 1.54) is 0 Å². The zero-order valence-electron chi connectivity index (χ0n) is 18.3. The summed E-state index contributed by atoms with van der Waals surface area (Å²) in [6, 6.07) is 12.9. The molecule has 0 aliphatic carbocycles. The van der Waals surface area contributed by atoms with Gasteiger partial charge in [-0.2, -0.15) is 0 Å². The van der Waals surface area contributed by atoms with Crippen molar-refractivity contribution in [1.29, 1.82) is 0 Å². The molecule has 160 valence electrons. The molecule has 2 aromatic rings. The van der Waals surface area contributed by atoms with Crippen molar-refractivity contribution in [2.24, 2.45) is 5.92 Å². The number of urea groups is 1. The number of benzene rings is 2. The molecule has 6 nitrogen and oxygen atoms in total. The number of nitrogens with zero attached hydrogens (tertiary/aromatic N) is 1.